The number of nitrogens with zero attached hydrogens (tertiary/aromatic N) is 2. The van der Waals surface area contributed by atoms with Crippen molar-refractivity contribution in [3.8, 4) is 11.3 Å². The van der Waals surface area contributed by atoms with Gasteiger partial charge < -0.3 is 5.32 Å². The number of anilines is 1. The van der Waals surface area contributed by atoms with Crippen LogP contribution in [0.25, 0.3) is 11.3 Å². The third-order valence-corrected chi connectivity index (χ3v) is 4.36. The second kappa shape index (κ2) is 9.08. The van der Waals surface area contributed by atoms with E-state index in [1.165, 1.54) is 23.8 Å². The molecule has 1 heterocycles. The summed E-state index contributed by atoms with van der Waals surface area (Å²) in [5.41, 5.74) is 2.68. The highest BCUT2D eigenvalue weighted by atomic mass is 19.1. The molecule has 0 saturated heterocycles. The Kier molecular flexibility index (Phi) is 6.32. The normalized spacial score (nSPS) is 10.6. The molecule has 1 aromatic heterocycles. The van der Waals surface area contributed by atoms with E-state index in [0.29, 0.717) is 16.9 Å². The van der Waals surface area contributed by atoms with Crippen LogP contribution in [0.3, 0.4) is 0 Å². The highest BCUT2D eigenvalue weighted by Gasteiger charge is 2.09. The first-order valence-electron chi connectivity index (χ1n) is 9.28. The van der Waals surface area contributed by atoms with Crippen LogP contribution in [0, 0.1) is 5.82 Å². The first-order valence-corrected chi connectivity index (χ1v) is 9.28. The van der Waals surface area contributed by atoms with Gasteiger partial charge in [0.1, 0.15) is 12.4 Å². The maximum atomic E-state index is 13.1. The Hall–Kier alpha value is -3.28. The van der Waals surface area contributed by atoms with Crippen molar-refractivity contribution in [2.75, 3.05) is 5.32 Å². The van der Waals surface area contributed by atoms with Gasteiger partial charge in [-0.3, -0.25) is 9.59 Å². The first-order chi connectivity index (χ1) is 13.5. The second-order valence-corrected chi connectivity index (χ2v) is 6.57. The number of carbonyl (C=O) groups excluding carboxylic acids is 1. The van der Waals surface area contributed by atoms with E-state index >= 15 is 0 Å². The van der Waals surface area contributed by atoms with Gasteiger partial charge in [-0.2, -0.15) is 5.10 Å². The van der Waals surface area contributed by atoms with Crippen LogP contribution in [0.5, 0.6) is 0 Å². The Balaban J connectivity index is 1.69. The number of aryl methyl sites for hydroxylation is 1. The molecule has 1 N–H and O–H groups in total. The fraction of sp³-hybridized carbons (Fsp3) is 0.227. The predicted octanol–water partition coefficient (Wildman–Crippen LogP) is 4.03. The third kappa shape index (κ3) is 5.13. The van der Waals surface area contributed by atoms with Gasteiger partial charge in [0.2, 0.25) is 5.91 Å². The summed E-state index contributed by atoms with van der Waals surface area (Å²) >= 11 is 0. The fourth-order valence-corrected chi connectivity index (χ4v) is 2.81. The number of benzene rings is 2. The van der Waals surface area contributed by atoms with Gasteiger partial charge >= 0.3 is 0 Å². The number of unbranched alkanes of at least 4 members (excludes halogenated alkanes) is 1. The Labute approximate surface area is 162 Å². The van der Waals surface area contributed by atoms with Crippen molar-refractivity contribution >= 4 is 11.6 Å². The minimum atomic E-state index is -0.379. The largest absolute Gasteiger partial charge is 0.324 e. The van der Waals surface area contributed by atoms with Gasteiger partial charge in [0, 0.05) is 17.3 Å². The number of aromatic nitrogens is 2. The molecule has 1 amide bonds. The zero-order valence-electron chi connectivity index (χ0n) is 15.7. The van der Waals surface area contributed by atoms with E-state index in [2.05, 4.69) is 17.3 Å². The Morgan fingerprint density at radius 1 is 1.04 bits per heavy atom. The lowest BCUT2D eigenvalue weighted by Crippen LogP contribution is -2.29. The average Bonchev–Trinajstić information content (AvgIpc) is 2.70. The Morgan fingerprint density at radius 2 is 1.75 bits per heavy atom. The fourth-order valence-electron chi connectivity index (χ4n) is 2.81. The topological polar surface area (TPSA) is 64.0 Å². The van der Waals surface area contributed by atoms with Crippen LogP contribution >= 0.6 is 0 Å². The molecule has 3 aromatic rings. The van der Waals surface area contributed by atoms with E-state index < -0.39 is 0 Å². The average molecular weight is 379 g/mol. The van der Waals surface area contributed by atoms with E-state index in [-0.39, 0.29) is 23.8 Å². The van der Waals surface area contributed by atoms with E-state index in [4.69, 9.17) is 0 Å². The molecular weight excluding hydrogens is 357 g/mol. The van der Waals surface area contributed by atoms with Crippen LogP contribution in [-0.2, 0) is 17.8 Å². The highest BCUT2D eigenvalue weighted by molar-refractivity contribution is 5.90. The summed E-state index contributed by atoms with van der Waals surface area (Å²) in [6, 6.07) is 16.4. The van der Waals surface area contributed by atoms with Gasteiger partial charge in [0.05, 0.1) is 5.69 Å². The molecule has 144 valence electrons. The number of rotatable bonds is 7. The van der Waals surface area contributed by atoms with Gasteiger partial charge in [-0.15, -0.1) is 0 Å². The van der Waals surface area contributed by atoms with Crippen LogP contribution in [0.1, 0.15) is 25.3 Å². The van der Waals surface area contributed by atoms with Crippen molar-refractivity contribution in [1.82, 2.24) is 9.78 Å². The maximum absolute atomic E-state index is 13.1. The van der Waals surface area contributed by atoms with E-state index in [9.17, 15) is 14.0 Å². The summed E-state index contributed by atoms with van der Waals surface area (Å²) < 4.78 is 14.2. The van der Waals surface area contributed by atoms with Crippen molar-refractivity contribution in [2.24, 2.45) is 0 Å². The molecule has 0 spiro atoms. The lowest BCUT2D eigenvalue weighted by molar-refractivity contribution is -0.117. The molecule has 0 aliphatic heterocycles. The third-order valence-electron chi connectivity index (χ3n) is 4.36. The van der Waals surface area contributed by atoms with Crippen molar-refractivity contribution in [1.29, 1.82) is 0 Å². The Morgan fingerprint density at radius 3 is 2.43 bits per heavy atom. The monoisotopic (exact) mass is 379 g/mol. The number of hydrogen-bond donors (Lipinski definition) is 1. The van der Waals surface area contributed by atoms with Gasteiger partial charge in [-0.1, -0.05) is 25.5 Å². The van der Waals surface area contributed by atoms with Gasteiger partial charge in [0.25, 0.3) is 5.56 Å². The standard InChI is InChI=1S/C22H22FN3O2/c1-2-3-4-16-5-11-19(12-6-16)24-21(27)15-26-22(28)14-13-20(25-26)17-7-9-18(23)10-8-17/h5-14H,2-4,15H2,1H3,(H,24,27). The lowest BCUT2D eigenvalue weighted by atomic mass is 10.1. The summed E-state index contributed by atoms with van der Waals surface area (Å²) in [7, 11) is 0. The smallest absolute Gasteiger partial charge is 0.267 e. The van der Waals surface area contributed by atoms with Crippen molar-refractivity contribution in [3.63, 3.8) is 0 Å². The summed E-state index contributed by atoms with van der Waals surface area (Å²) in [4.78, 5) is 24.4. The first kappa shape index (κ1) is 19.5. The van der Waals surface area contributed by atoms with Crippen LogP contribution < -0.4 is 10.9 Å². The molecule has 0 aliphatic rings. The zero-order chi connectivity index (χ0) is 19.9. The lowest BCUT2D eigenvalue weighted by Gasteiger charge is -2.09. The molecule has 28 heavy (non-hydrogen) atoms. The molecule has 0 atom stereocenters. The van der Waals surface area contributed by atoms with Gasteiger partial charge in [-0.05, 0) is 60.9 Å². The predicted molar refractivity (Wildman–Crippen MR) is 108 cm³/mol. The van der Waals surface area contributed by atoms with E-state index in [0.717, 1.165) is 23.9 Å². The minimum absolute atomic E-state index is 0.203. The zero-order valence-corrected chi connectivity index (χ0v) is 15.7. The molecular formula is C22H22FN3O2. The molecule has 0 aliphatic carbocycles. The molecule has 0 fully saturated rings. The second-order valence-electron chi connectivity index (χ2n) is 6.57. The summed E-state index contributed by atoms with van der Waals surface area (Å²) in [6.07, 6.45) is 3.28. The van der Waals surface area contributed by atoms with E-state index in [1.54, 1.807) is 18.2 Å². The molecule has 3 rings (SSSR count). The SMILES string of the molecule is CCCCc1ccc(NC(=O)Cn2nc(-c3ccc(F)cc3)ccc2=O)cc1. The van der Waals surface area contributed by atoms with Crippen LogP contribution in [0.2, 0.25) is 0 Å². The minimum Gasteiger partial charge on any atom is -0.324 e. The summed E-state index contributed by atoms with van der Waals surface area (Å²) in [5, 5.41) is 7.00. The summed E-state index contributed by atoms with van der Waals surface area (Å²) in [6.45, 7) is 1.95. The van der Waals surface area contributed by atoms with Crippen LogP contribution in [0.4, 0.5) is 10.1 Å². The van der Waals surface area contributed by atoms with Gasteiger partial charge in [-0.25, -0.2) is 9.07 Å². The number of nitrogens with one attached hydrogen (secondary N) is 1. The van der Waals surface area contributed by atoms with Gasteiger partial charge in [0.15, 0.2) is 0 Å². The number of carbonyl (C=O) groups is 1. The number of hydrogen-bond acceptors (Lipinski definition) is 3. The molecule has 5 nitrogen and oxygen atoms in total. The molecule has 0 unspecified atom stereocenters. The highest BCUT2D eigenvalue weighted by Crippen LogP contribution is 2.16. The van der Waals surface area contributed by atoms with Crippen molar-refractivity contribution in [3.05, 3.63) is 82.4 Å². The summed E-state index contributed by atoms with van der Waals surface area (Å²) in [5.74, 6) is -0.690. The van der Waals surface area contributed by atoms with E-state index in [1.807, 2.05) is 24.3 Å². The van der Waals surface area contributed by atoms with Crippen LogP contribution in [-0.4, -0.2) is 15.7 Å². The molecule has 6 heteroatoms. The number of halogens is 1. The number of amides is 1. The maximum Gasteiger partial charge on any atom is 0.267 e. The van der Waals surface area contributed by atoms with Crippen molar-refractivity contribution < 1.29 is 9.18 Å². The molecule has 0 saturated carbocycles. The Bertz CT molecular complexity index is 996. The molecule has 0 radical (unpaired) electrons. The quantitative estimate of drug-likeness (QED) is 0.674. The molecule has 0 bridgehead atoms. The van der Waals surface area contributed by atoms with Crippen molar-refractivity contribution in [2.45, 2.75) is 32.7 Å². The van der Waals surface area contributed by atoms with Crippen LogP contribution in [0.15, 0.2) is 65.5 Å². The molecule has 2 aromatic carbocycles.